The first-order valence-corrected chi connectivity index (χ1v) is 10.4. The maximum Gasteiger partial charge on any atom is 0.251 e. The Labute approximate surface area is 160 Å². The van der Waals surface area contributed by atoms with Crippen LogP contribution in [-0.2, 0) is 4.79 Å². The molecular formula is C19H19N3O2S2. The number of benzene rings is 1. The molecule has 0 spiro atoms. The Morgan fingerprint density at radius 2 is 2.15 bits per heavy atom. The number of thiazole rings is 1. The first-order valence-electron chi connectivity index (χ1n) is 8.65. The molecule has 1 saturated heterocycles. The lowest BCUT2D eigenvalue weighted by molar-refractivity contribution is -0.645. The van der Waals surface area contributed by atoms with Crippen LogP contribution in [0.2, 0.25) is 0 Å². The first kappa shape index (κ1) is 17.3. The number of thioether (sulfide) groups is 1. The van der Waals surface area contributed by atoms with Crippen LogP contribution in [0.3, 0.4) is 0 Å². The van der Waals surface area contributed by atoms with Gasteiger partial charge in [-0.3, -0.25) is 4.79 Å². The number of rotatable bonds is 4. The number of pyridine rings is 1. The summed E-state index contributed by atoms with van der Waals surface area (Å²) < 4.78 is 2.00. The molecule has 2 aromatic heterocycles. The van der Waals surface area contributed by atoms with Gasteiger partial charge in [0.1, 0.15) is 0 Å². The van der Waals surface area contributed by atoms with Crippen LogP contribution in [0.4, 0.5) is 0 Å². The van der Waals surface area contributed by atoms with Crippen LogP contribution in [0.1, 0.15) is 23.8 Å². The summed E-state index contributed by atoms with van der Waals surface area (Å²) in [6, 6.07) is 13.4. The van der Waals surface area contributed by atoms with Gasteiger partial charge in [0.25, 0.3) is 5.03 Å². The minimum atomic E-state index is 0.0877. The highest BCUT2D eigenvalue weighted by molar-refractivity contribution is 7.99. The minimum absolute atomic E-state index is 0.0877. The molecule has 1 atom stereocenters. The second-order valence-corrected chi connectivity index (χ2v) is 8.41. The van der Waals surface area contributed by atoms with Crippen LogP contribution in [-0.4, -0.2) is 34.6 Å². The van der Waals surface area contributed by atoms with Crippen LogP contribution >= 0.6 is 23.1 Å². The Morgan fingerprint density at radius 1 is 1.31 bits per heavy atom. The standard InChI is InChI=1S/C19H19N3O2S2/c23-17(13-25-18-9-3-4-11-22(18)24)21-10-5-6-14(12-21)19-20-15-7-1-2-8-16(15)26-19/h1-4,7-9,11,14H,5-6,10,12-13H2/t14-/m0/s1. The maximum atomic E-state index is 12.6. The summed E-state index contributed by atoms with van der Waals surface area (Å²) in [6.45, 7) is 1.50. The molecule has 1 fully saturated rings. The van der Waals surface area contributed by atoms with Gasteiger partial charge in [0.15, 0.2) is 6.20 Å². The van der Waals surface area contributed by atoms with Gasteiger partial charge in [0, 0.05) is 31.1 Å². The molecule has 3 heterocycles. The Morgan fingerprint density at radius 3 is 3.00 bits per heavy atom. The summed E-state index contributed by atoms with van der Waals surface area (Å²) in [5.41, 5.74) is 1.04. The number of likely N-dealkylation sites (tertiary alicyclic amines) is 1. The van der Waals surface area contributed by atoms with Crippen LogP contribution < -0.4 is 4.73 Å². The Hall–Kier alpha value is -2.12. The third-order valence-electron chi connectivity index (χ3n) is 4.57. The van der Waals surface area contributed by atoms with Crippen LogP contribution in [0.25, 0.3) is 10.2 Å². The molecule has 1 aliphatic heterocycles. The van der Waals surface area contributed by atoms with Crippen molar-refractivity contribution in [3.8, 4) is 0 Å². The molecule has 134 valence electrons. The van der Waals surface area contributed by atoms with E-state index in [9.17, 15) is 10.0 Å². The summed E-state index contributed by atoms with van der Waals surface area (Å²) >= 11 is 3.03. The van der Waals surface area contributed by atoms with E-state index in [4.69, 9.17) is 4.98 Å². The highest BCUT2D eigenvalue weighted by Crippen LogP contribution is 2.33. The van der Waals surface area contributed by atoms with Crippen molar-refractivity contribution >= 4 is 39.2 Å². The fraction of sp³-hybridized carbons (Fsp3) is 0.316. The van der Waals surface area contributed by atoms with E-state index < -0.39 is 0 Å². The molecule has 4 rings (SSSR count). The zero-order chi connectivity index (χ0) is 17.9. The molecule has 0 bridgehead atoms. The van der Waals surface area contributed by atoms with Crippen molar-refractivity contribution in [2.24, 2.45) is 0 Å². The number of para-hydroxylation sites is 1. The first-order chi connectivity index (χ1) is 12.7. The second-order valence-electron chi connectivity index (χ2n) is 6.35. The number of hydrogen-bond donors (Lipinski definition) is 0. The van der Waals surface area contributed by atoms with E-state index in [0.717, 1.165) is 34.6 Å². The van der Waals surface area contributed by atoms with E-state index in [1.165, 1.54) is 22.7 Å². The number of carbonyl (C=O) groups is 1. The van der Waals surface area contributed by atoms with Gasteiger partial charge < -0.3 is 10.1 Å². The smallest absolute Gasteiger partial charge is 0.251 e. The van der Waals surface area contributed by atoms with E-state index in [2.05, 4.69) is 6.07 Å². The molecule has 0 N–H and O–H groups in total. The van der Waals surface area contributed by atoms with E-state index in [1.807, 2.05) is 29.2 Å². The Bertz CT molecular complexity index is 895. The topological polar surface area (TPSA) is 60.1 Å². The summed E-state index contributed by atoms with van der Waals surface area (Å²) in [6.07, 6.45) is 3.51. The Kier molecular flexibility index (Phi) is 5.08. The molecule has 0 radical (unpaired) electrons. The molecule has 7 heteroatoms. The minimum Gasteiger partial charge on any atom is -0.618 e. The van der Waals surface area contributed by atoms with Crippen LogP contribution in [0.5, 0.6) is 0 Å². The quantitative estimate of drug-likeness (QED) is 0.392. The number of fused-ring (bicyclic) bond motifs is 1. The molecule has 3 aromatic rings. The second kappa shape index (κ2) is 7.63. The lowest BCUT2D eigenvalue weighted by atomic mass is 9.99. The van der Waals surface area contributed by atoms with Crippen molar-refractivity contribution in [3.63, 3.8) is 0 Å². The summed E-state index contributed by atoms with van der Waals surface area (Å²) in [5.74, 6) is 0.680. The molecule has 1 aromatic carbocycles. The van der Waals surface area contributed by atoms with Crippen molar-refractivity contribution in [1.82, 2.24) is 9.88 Å². The lowest BCUT2D eigenvalue weighted by Crippen LogP contribution is -2.40. The molecular weight excluding hydrogens is 366 g/mol. The van der Waals surface area contributed by atoms with Gasteiger partial charge in [-0.2, -0.15) is 4.73 Å². The van der Waals surface area contributed by atoms with Gasteiger partial charge in [-0.25, -0.2) is 4.98 Å². The summed E-state index contributed by atoms with van der Waals surface area (Å²) in [5, 5.41) is 13.4. The fourth-order valence-electron chi connectivity index (χ4n) is 3.22. The Balaban J connectivity index is 1.41. The van der Waals surface area contributed by atoms with Gasteiger partial charge in [-0.1, -0.05) is 12.1 Å². The summed E-state index contributed by atoms with van der Waals surface area (Å²) in [4.78, 5) is 19.3. The molecule has 0 unspecified atom stereocenters. The van der Waals surface area contributed by atoms with Crippen molar-refractivity contribution < 1.29 is 9.52 Å². The number of hydrogen-bond acceptors (Lipinski definition) is 5. The third-order valence-corrected chi connectivity index (χ3v) is 6.77. The van der Waals surface area contributed by atoms with Gasteiger partial charge >= 0.3 is 0 Å². The van der Waals surface area contributed by atoms with Gasteiger partial charge in [-0.05, 0) is 42.8 Å². The van der Waals surface area contributed by atoms with Crippen LogP contribution in [0, 0.1) is 5.21 Å². The fourth-order valence-corrected chi connectivity index (χ4v) is 5.13. The van der Waals surface area contributed by atoms with Crippen molar-refractivity contribution in [2.75, 3.05) is 18.8 Å². The molecule has 26 heavy (non-hydrogen) atoms. The number of amides is 1. The van der Waals surface area contributed by atoms with Gasteiger partial charge in [-0.15, -0.1) is 11.3 Å². The van der Waals surface area contributed by atoms with E-state index in [0.29, 0.717) is 23.2 Å². The predicted molar refractivity (Wildman–Crippen MR) is 104 cm³/mol. The number of aromatic nitrogens is 2. The average molecular weight is 386 g/mol. The van der Waals surface area contributed by atoms with Crippen molar-refractivity contribution in [1.29, 1.82) is 0 Å². The van der Waals surface area contributed by atoms with Gasteiger partial charge in [0.05, 0.1) is 21.0 Å². The summed E-state index contributed by atoms with van der Waals surface area (Å²) in [7, 11) is 0. The van der Waals surface area contributed by atoms with E-state index >= 15 is 0 Å². The van der Waals surface area contributed by atoms with Crippen molar-refractivity contribution in [3.05, 3.63) is 58.9 Å². The van der Waals surface area contributed by atoms with Crippen molar-refractivity contribution in [2.45, 2.75) is 23.8 Å². The van der Waals surface area contributed by atoms with E-state index in [1.54, 1.807) is 23.5 Å². The number of carbonyl (C=O) groups excluding carboxylic acids is 1. The monoisotopic (exact) mass is 385 g/mol. The molecule has 1 aliphatic rings. The zero-order valence-corrected chi connectivity index (χ0v) is 15.8. The largest absolute Gasteiger partial charge is 0.618 e. The van der Waals surface area contributed by atoms with Crippen LogP contribution in [0.15, 0.2) is 53.7 Å². The average Bonchev–Trinajstić information content (AvgIpc) is 3.11. The number of piperidine rings is 1. The normalized spacial score (nSPS) is 17.5. The lowest BCUT2D eigenvalue weighted by Gasteiger charge is -2.31. The molecule has 5 nitrogen and oxygen atoms in total. The highest BCUT2D eigenvalue weighted by Gasteiger charge is 2.27. The zero-order valence-electron chi connectivity index (χ0n) is 14.2. The number of nitrogens with zero attached hydrogens (tertiary/aromatic N) is 3. The maximum absolute atomic E-state index is 12.6. The molecule has 0 aliphatic carbocycles. The predicted octanol–water partition coefficient (Wildman–Crippen LogP) is 3.43. The third kappa shape index (κ3) is 3.68. The molecule has 0 saturated carbocycles. The molecule has 1 amide bonds. The van der Waals surface area contributed by atoms with Gasteiger partial charge in [0.2, 0.25) is 5.91 Å². The highest BCUT2D eigenvalue weighted by atomic mass is 32.2. The van der Waals surface area contributed by atoms with E-state index in [-0.39, 0.29) is 5.91 Å². The SMILES string of the molecule is O=C(CSc1cccc[n+]1[O-])N1CCC[C@H](c2nc3ccccc3s2)C1.